The molecule has 1 heterocycles. The highest BCUT2D eigenvalue weighted by atomic mass is 32.2. The lowest BCUT2D eigenvalue weighted by Crippen LogP contribution is -2.35. The van der Waals surface area contributed by atoms with Gasteiger partial charge in [-0.05, 0) is 18.2 Å². The van der Waals surface area contributed by atoms with Gasteiger partial charge in [-0.3, -0.25) is 14.9 Å². The second-order valence-electron chi connectivity index (χ2n) is 6.36. The number of anilines is 1. The lowest BCUT2D eigenvalue weighted by Gasteiger charge is -2.26. The summed E-state index contributed by atoms with van der Waals surface area (Å²) in [6.45, 7) is 0.284. The fourth-order valence-electron chi connectivity index (χ4n) is 2.96. The summed E-state index contributed by atoms with van der Waals surface area (Å²) in [6, 6.07) is 10.7. The number of carbonyl (C=O) groups is 1. The SMILES string of the molecule is CS(=O)(=O)c1ccc(NCC(=O)N[C@@H]2CCOc3ccccc32)c([N+](=O)[O-])c1. The molecule has 10 heteroatoms. The molecule has 0 unspecified atom stereocenters. The Hall–Kier alpha value is -3.14. The first-order valence-electron chi connectivity index (χ1n) is 8.49. The average Bonchev–Trinajstić information content (AvgIpc) is 2.65. The number of fused-ring (bicyclic) bond motifs is 1. The molecule has 1 aliphatic heterocycles. The van der Waals surface area contributed by atoms with E-state index in [9.17, 15) is 23.3 Å². The predicted molar refractivity (Wildman–Crippen MR) is 102 cm³/mol. The van der Waals surface area contributed by atoms with Crippen molar-refractivity contribution in [1.82, 2.24) is 5.32 Å². The van der Waals surface area contributed by atoms with Crippen LogP contribution in [0.15, 0.2) is 47.4 Å². The molecular weight excluding hydrogens is 386 g/mol. The zero-order valence-electron chi connectivity index (χ0n) is 15.0. The fourth-order valence-corrected chi connectivity index (χ4v) is 3.60. The molecule has 1 aliphatic rings. The van der Waals surface area contributed by atoms with Gasteiger partial charge in [0.1, 0.15) is 11.4 Å². The molecule has 9 nitrogen and oxygen atoms in total. The highest BCUT2D eigenvalue weighted by molar-refractivity contribution is 7.90. The number of rotatable bonds is 6. The number of benzene rings is 2. The topological polar surface area (TPSA) is 128 Å². The van der Waals surface area contributed by atoms with Crippen molar-refractivity contribution in [2.24, 2.45) is 0 Å². The van der Waals surface area contributed by atoms with Gasteiger partial charge in [0.25, 0.3) is 5.69 Å². The fraction of sp³-hybridized carbons (Fsp3) is 0.278. The van der Waals surface area contributed by atoms with Gasteiger partial charge in [0.2, 0.25) is 5.91 Å². The van der Waals surface area contributed by atoms with Gasteiger partial charge < -0.3 is 15.4 Å². The van der Waals surface area contributed by atoms with E-state index in [1.165, 1.54) is 12.1 Å². The maximum atomic E-state index is 12.3. The Kier molecular flexibility index (Phi) is 5.50. The first kappa shape index (κ1) is 19.6. The third kappa shape index (κ3) is 4.39. The highest BCUT2D eigenvalue weighted by Gasteiger charge is 2.23. The van der Waals surface area contributed by atoms with Gasteiger partial charge in [-0.2, -0.15) is 0 Å². The Morgan fingerprint density at radius 1 is 1.29 bits per heavy atom. The van der Waals surface area contributed by atoms with Gasteiger partial charge in [0.15, 0.2) is 9.84 Å². The summed E-state index contributed by atoms with van der Waals surface area (Å²) in [6.07, 6.45) is 1.59. The largest absolute Gasteiger partial charge is 0.493 e. The molecule has 0 aromatic heterocycles. The molecule has 0 saturated carbocycles. The minimum atomic E-state index is -3.58. The summed E-state index contributed by atoms with van der Waals surface area (Å²) in [4.78, 5) is 22.7. The van der Waals surface area contributed by atoms with Gasteiger partial charge in [-0.1, -0.05) is 18.2 Å². The van der Waals surface area contributed by atoms with Crippen LogP contribution in [0, 0.1) is 10.1 Å². The second kappa shape index (κ2) is 7.85. The van der Waals surface area contributed by atoms with Crippen molar-refractivity contribution < 1.29 is 22.9 Å². The standard InChI is InChI=1S/C18H19N3O6S/c1-28(25,26)12-6-7-15(16(10-12)21(23)24)19-11-18(22)20-14-8-9-27-17-5-3-2-4-13(14)17/h2-7,10,14,19H,8-9,11H2,1H3,(H,20,22)/t14-/m1/s1. The van der Waals surface area contributed by atoms with E-state index in [0.717, 1.165) is 23.6 Å². The number of sulfone groups is 1. The van der Waals surface area contributed by atoms with Crippen molar-refractivity contribution in [2.45, 2.75) is 17.4 Å². The van der Waals surface area contributed by atoms with Crippen LogP contribution in [0.3, 0.4) is 0 Å². The molecule has 0 radical (unpaired) electrons. The van der Waals surface area contributed by atoms with E-state index >= 15 is 0 Å². The number of nitro groups is 1. The summed E-state index contributed by atoms with van der Waals surface area (Å²) in [7, 11) is -3.58. The molecular formula is C18H19N3O6S. The van der Waals surface area contributed by atoms with Crippen LogP contribution in [0.1, 0.15) is 18.0 Å². The first-order valence-corrected chi connectivity index (χ1v) is 10.4. The van der Waals surface area contributed by atoms with Crippen molar-refractivity contribution in [1.29, 1.82) is 0 Å². The van der Waals surface area contributed by atoms with Gasteiger partial charge in [-0.25, -0.2) is 8.42 Å². The number of amides is 1. The minimum absolute atomic E-state index is 0.0694. The maximum Gasteiger partial charge on any atom is 0.293 e. The van der Waals surface area contributed by atoms with Gasteiger partial charge >= 0.3 is 0 Å². The Labute approximate surface area is 161 Å². The lowest BCUT2D eigenvalue weighted by atomic mass is 10.0. The summed E-state index contributed by atoms with van der Waals surface area (Å²) in [5, 5.41) is 16.8. The molecule has 1 atom stereocenters. The van der Waals surface area contributed by atoms with Gasteiger partial charge in [0.05, 0.1) is 29.0 Å². The molecule has 0 aliphatic carbocycles. The van der Waals surface area contributed by atoms with Crippen molar-refractivity contribution in [2.75, 3.05) is 24.7 Å². The molecule has 28 heavy (non-hydrogen) atoms. The molecule has 2 aromatic carbocycles. The Morgan fingerprint density at radius 2 is 2.04 bits per heavy atom. The average molecular weight is 405 g/mol. The Morgan fingerprint density at radius 3 is 2.75 bits per heavy atom. The van der Waals surface area contributed by atoms with Crippen molar-refractivity contribution in [3.05, 3.63) is 58.1 Å². The zero-order chi connectivity index (χ0) is 20.3. The summed E-state index contributed by atoms with van der Waals surface area (Å²) in [5.74, 6) is 0.377. The highest BCUT2D eigenvalue weighted by Crippen LogP contribution is 2.31. The smallest absolute Gasteiger partial charge is 0.293 e. The summed E-state index contributed by atoms with van der Waals surface area (Å²) < 4.78 is 28.7. The molecule has 0 spiro atoms. The van der Waals surface area contributed by atoms with Crippen LogP contribution in [0.5, 0.6) is 5.75 Å². The summed E-state index contributed by atoms with van der Waals surface area (Å²) >= 11 is 0. The number of hydrogen-bond acceptors (Lipinski definition) is 7. The van der Waals surface area contributed by atoms with E-state index in [0.29, 0.717) is 13.0 Å². The third-order valence-corrected chi connectivity index (χ3v) is 5.44. The van der Waals surface area contributed by atoms with Crippen LogP contribution < -0.4 is 15.4 Å². The quantitative estimate of drug-likeness (QED) is 0.556. The van der Waals surface area contributed by atoms with Crippen LogP contribution in [-0.4, -0.2) is 38.7 Å². The number of ether oxygens (including phenoxy) is 1. The number of nitro benzene ring substituents is 1. The van der Waals surface area contributed by atoms with E-state index in [4.69, 9.17) is 4.74 Å². The van der Waals surface area contributed by atoms with Crippen LogP contribution in [0.25, 0.3) is 0 Å². The molecule has 148 valence electrons. The van der Waals surface area contributed by atoms with E-state index < -0.39 is 20.4 Å². The first-order chi connectivity index (χ1) is 13.3. The second-order valence-corrected chi connectivity index (χ2v) is 8.37. The monoisotopic (exact) mass is 405 g/mol. The number of nitrogens with zero attached hydrogens (tertiary/aromatic N) is 1. The molecule has 3 rings (SSSR count). The summed E-state index contributed by atoms with van der Waals surface area (Å²) in [5.41, 5.74) is 0.539. The van der Waals surface area contributed by atoms with Crippen LogP contribution in [0.2, 0.25) is 0 Å². The lowest BCUT2D eigenvalue weighted by molar-refractivity contribution is -0.384. The van der Waals surface area contributed by atoms with Crippen molar-refractivity contribution in [3.8, 4) is 5.75 Å². The van der Waals surface area contributed by atoms with Crippen molar-refractivity contribution >= 4 is 27.1 Å². The predicted octanol–water partition coefficient (Wildman–Crippen LogP) is 2.05. The molecule has 0 saturated heterocycles. The molecule has 0 bridgehead atoms. The number of nitrogens with one attached hydrogen (secondary N) is 2. The molecule has 0 fully saturated rings. The Bertz CT molecular complexity index is 1020. The third-order valence-electron chi connectivity index (χ3n) is 4.33. The van der Waals surface area contributed by atoms with E-state index in [1.807, 2.05) is 24.3 Å². The zero-order valence-corrected chi connectivity index (χ0v) is 15.9. The maximum absolute atomic E-state index is 12.3. The number of para-hydroxylation sites is 1. The van der Waals surface area contributed by atoms with Crippen LogP contribution >= 0.6 is 0 Å². The van der Waals surface area contributed by atoms with Crippen LogP contribution in [-0.2, 0) is 14.6 Å². The van der Waals surface area contributed by atoms with E-state index in [-0.39, 0.29) is 29.1 Å². The van der Waals surface area contributed by atoms with Crippen LogP contribution in [0.4, 0.5) is 11.4 Å². The molecule has 2 aromatic rings. The Balaban J connectivity index is 1.69. The number of carbonyl (C=O) groups excluding carboxylic acids is 1. The van der Waals surface area contributed by atoms with Gasteiger partial charge in [-0.15, -0.1) is 0 Å². The van der Waals surface area contributed by atoms with E-state index in [2.05, 4.69) is 10.6 Å². The van der Waals surface area contributed by atoms with Crippen molar-refractivity contribution in [3.63, 3.8) is 0 Å². The molecule has 2 N–H and O–H groups in total. The van der Waals surface area contributed by atoms with E-state index in [1.54, 1.807) is 0 Å². The molecule has 1 amide bonds. The minimum Gasteiger partial charge on any atom is -0.493 e. The normalized spacial score (nSPS) is 15.8. The van der Waals surface area contributed by atoms with Gasteiger partial charge in [0, 0.05) is 24.3 Å². The number of hydrogen-bond donors (Lipinski definition) is 2.